The van der Waals surface area contributed by atoms with Crippen LogP contribution in [0.1, 0.15) is 46.0 Å². The summed E-state index contributed by atoms with van der Waals surface area (Å²) >= 11 is 0. The summed E-state index contributed by atoms with van der Waals surface area (Å²) in [7, 11) is 0. The number of amides is 1. The van der Waals surface area contributed by atoms with Crippen LogP contribution in [0.2, 0.25) is 0 Å². The third-order valence-electron chi connectivity index (χ3n) is 2.79. The second-order valence-corrected chi connectivity index (χ2v) is 3.87. The molecule has 0 bridgehead atoms. The van der Waals surface area contributed by atoms with Gasteiger partial charge >= 0.3 is 6.09 Å². The van der Waals surface area contributed by atoms with Crippen molar-refractivity contribution in [2.24, 2.45) is 0 Å². The van der Waals surface area contributed by atoms with Crippen LogP contribution >= 0.6 is 0 Å². The van der Waals surface area contributed by atoms with Gasteiger partial charge in [0.15, 0.2) is 0 Å². The molecule has 3 heteroatoms. The van der Waals surface area contributed by atoms with Gasteiger partial charge in [-0.05, 0) is 32.1 Å². The van der Waals surface area contributed by atoms with Crippen molar-refractivity contribution < 1.29 is 9.53 Å². The van der Waals surface area contributed by atoms with Crippen molar-refractivity contribution in [2.45, 2.75) is 52.1 Å². The SMILES string of the molecule is CCC(CC)OC(=O)N1CCCCC1. The van der Waals surface area contributed by atoms with Crippen LogP contribution in [0.5, 0.6) is 0 Å². The summed E-state index contributed by atoms with van der Waals surface area (Å²) in [6, 6.07) is 0. The molecular weight excluding hydrogens is 178 g/mol. The van der Waals surface area contributed by atoms with E-state index in [1.165, 1.54) is 6.42 Å². The summed E-state index contributed by atoms with van der Waals surface area (Å²) in [6.45, 7) is 5.85. The van der Waals surface area contributed by atoms with Crippen LogP contribution in [0.15, 0.2) is 0 Å². The minimum atomic E-state index is -0.113. The standard InChI is InChI=1S/C11H21NO2/c1-3-10(4-2)14-11(13)12-8-6-5-7-9-12/h10H,3-9H2,1-2H3. The van der Waals surface area contributed by atoms with Crippen molar-refractivity contribution in [1.29, 1.82) is 0 Å². The summed E-state index contributed by atoms with van der Waals surface area (Å²) in [6.07, 6.45) is 5.31. The van der Waals surface area contributed by atoms with E-state index in [0.717, 1.165) is 38.8 Å². The highest BCUT2D eigenvalue weighted by Gasteiger charge is 2.19. The van der Waals surface area contributed by atoms with Gasteiger partial charge in [-0.3, -0.25) is 0 Å². The number of ether oxygens (including phenoxy) is 1. The molecule has 1 fully saturated rings. The molecule has 3 nitrogen and oxygen atoms in total. The third-order valence-corrected chi connectivity index (χ3v) is 2.79. The van der Waals surface area contributed by atoms with E-state index in [1.807, 2.05) is 4.90 Å². The van der Waals surface area contributed by atoms with Crippen molar-refractivity contribution >= 4 is 6.09 Å². The van der Waals surface area contributed by atoms with Crippen LogP contribution in [0.25, 0.3) is 0 Å². The second kappa shape index (κ2) is 5.89. The average molecular weight is 199 g/mol. The first kappa shape index (κ1) is 11.3. The summed E-state index contributed by atoms with van der Waals surface area (Å²) in [4.78, 5) is 13.5. The van der Waals surface area contributed by atoms with Gasteiger partial charge in [0.1, 0.15) is 6.10 Å². The Balaban J connectivity index is 2.32. The second-order valence-electron chi connectivity index (χ2n) is 3.87. The zero-order valence-electron chi connectivity index (χ0n) is 9.29. The lowest BCUT2D eigenvalue weighted by Gasteiger charge is -2.27. The molecule has 0 radical (unpaired) electrons. The van der Waals surface area contributed by atoms with Gasteiger partial charge in [0.2, 0.25) is 0 Å². The van der Waals surface area contributed by atoms with E-state index in [4.69, 9.17) is 4.74 Å². The van der Waals surface area contributed by atoms with Crippen LogP contribution < -0.4 is 0 Å². The molecule has 0 aromatic heterocycles. The number of piperidine rings is 1. The molecule has 1 heterocycles. The number of hydrogen-bond donors (Lipinski definition) is 0. The molecule has 0 atom stereocenters. The summed E-state index contributed by atoms with van der Waals surface area (Å²) < 4.78 is 5.38. The van der Waals surface area contributed by atoms with E-state index in [2.05, 4.69) is 13.8 Å². The molecule has 0 spiro atoms. The molecule has 0 aromatic carbocycles. The maximum atomic E-state index is 11.6. The fourth-order valence-corrected chi connectivity index (χ4v) is 1.75. The number of likely N-dealkylation sites (tertiary alicyclic amines) is 1. The van der Waals surface area contributed by atoms with E-state index >= 15 is 0 Å². The predicted molar refractivity (Wildman–Crippen MR) is 56.3 cm³/mol. The Morgan fingerprint density at radius 1 is 1.21 bits per heavy atom. The van der Waals surface area contributed by atoms with Crippen LogP contribution in [0.4, 0.5) is 4.79 Å². The largest absolute Gasteiger partial charge is 0.446 e. The summed E-state index contributed by atoms with van der Waals surface area (Å²) in [5.74, 6) is 0. The van der Waals surface area contributed by atoms with Gasteiger partial charge in [-0.25, -0.2) is 4.79 Å². The molecule has 1 aliphatic heterocycles. The lowest BCUT2D eigenvalue weighted by molar-refractivity contribution is 0.0544. The van der Waals surface area contributed by atoms with Crippen molar-refractivity contribution in [1.82, 2.24) is 4.90 Å². The first-order valence-corrected chi connectivity index (χ1v) is 5.73. The minimum Gasteiger partial charge on any atom is -0.446 e. The smallest absolute Gasteiger partial charge is 0.410 e. The Hall–Kier alpha value is -0.730. The molecule has 0 aliphatic carbocycles. The molecule has 0 aromatic rings. The molecule has 1 amide bonds. The minimum absolute atomic E-state index is 0.101. The maximum Gasteiger partial charge on any atom is 0.410 e. The monoisotopic (exact) mass is 199 g/mol. The van der Waals surface area contributed by atoms with Crippen molar-refractivity contribution in [2.75, 3.05) is 13.1 Å². The fourth-order valence-electron chi connectivity index (χ4n) is 1.75. The summed E-state index contributed by atoms with van der Waals surface area (Å²) in [5, 5.41) is 0. The molecule has 0 saturated carbocycles. The lowest BCUT2D eigenvalue weighted by atomic mass is 10.1. The molecule has 1 rings (SSSR count). The number of carbonyl (C=O) groups excluding carboxylic acids is 1. The first-order valence-electron chi connectivity index (χ1n) is 5.73. The van der Waals surface area contributed by atoms with E-state index in [-0.39, 0.29) is 12.2 Å². The van der Waals surface area contributed by atoms with Gasteiger partial charge in [-0.1, -0.05) is 13.8 Å². The van der Waals surface area contributed by atoms with E-state index in [1.54, 1.807) is 0 Å². The molecule has 1 saturated heterocycles. The zero-order valence-corrected chi connectivity index (χ0v) is 9.29. The quantitative estimate of drug-likeness (QED) is 0.699. The average Bonchev–Trinajstić information content (AvgIpc) is 2.26. The Kier molecular flexibility index (Phi) is 4.77. The molecule has 14 heavy (non-hydrogen) atoms. The van der Waals surface area contributed by atoms with Crippen LogP contribution in [-0.4, -0.2) is 30.2 Å². The number of carbonyl (C=O) groups is 1. The Bertz CT molecular complexity index is 172. The fraction of sp³-hybridized carbons (Fsp3) is 0.909. The van der Waals surface area contributed by atoms with E-state index < -0.39 is 0 Å². The molecule has 0 unspecified atom stereocenters. The van der Waals surface area contributed by atoms with Crippen molar-refractivity contribution in [3.05, 3.63) is 0 Å². The van der Waals surface area contributed by atoms with Crippen molar-refractivity contribution in [3.63, 3.8) is 0 Å². The Morgan fingerprint density at radius 3 is 2.29 bits per heavy atom. The van der Waals surface area contributed by atoms with Crippen LogP contribution in [0.3, 0.4) is 0 Å². The van der Waals surface area contributed by atoms with Gasteiger partial charge in [0.05, 0.1) is 0 Å². The number of rotatable bonds is 3. The van der Waals surface area contributed by atoms with E-state index in [0.29, 0.717) is 0 Å². The van der Waals surface area contributed by atoms with Gasteiger partial charge in [-0.15, -0.1) is 0 Å². The highest BCUT2D eigenvalue weighted by atomic mass is 16.6. The topological polar surface area (TPSA) is 29.5 Å². The van der Waals surface area contributed by atoms with Gasteiger partial charge in [0, 0.05) is 13.1 Å². The molecular formula is C11H21NO2. The molecule has 82 valence electrons. The van der Waals surface area contributed by atoms with Gasteiger partial charge in [-0.2, -0.15) is 0 Å². The van der Waals surface area contributed by atoms with E-state index in [9.17, 15) is 4.79 Å². The van der Waals surface area contributed by atoms with Crippen LogP contribution in [0, 0.1) is 0 Å². The first-order chi connectivity index (χ1) is 6.77. The zero-order chi connectivity index (χ0) is 10.4. The molecule has 0 N–H and O–H groups in total. The summed E-state index contributed by atoms with van der Waals surface area (Å²) in [5.41, 5.74) is 0. The third kappa shape index (κ3) is 3.20. The molecule has 1 aliphatic rings. The predicted octanol–water partition coefficient (Wildman–Crippen LogP) is 2.80. The van der Waals surface area contributed by atoms with Crippen molar-refractivity contribution in [3.8, 4) is 0 Å². The number of nitrogens with zero attached hydrogens (tertiary/aromatic N) is 1. The number of hydrogen-bond acceptors (Lipinski definition) is 2. The van der Waals surface area contributed by atoms with Crippen LogP contribution in [-0.2, 0) is 4.74 Å². The Morgan fingerprint density at radius 2 is 1.79 bits per heavy atom. The maximum absolute atomic E-state index is 11.6. The highest BCUT2D eigenvalue weighted by molar-refractivity contribution is 5.67. The van der Waals surface area contributed by atoms with Gasteiger partial charge < -0.3 is 9.64 Å². The highest BCUT2D eigenvalue weighted by Crippen LogP contribution is 2.12. The Labute approximate surface area is 86.4 Å². The van der Waals surface area contributed by atoms with Gasteiger partial charge in [0.25, 0.3) is 0 Å². The normalized spacial score (nSPS) is 17.2. The lowest BCUT2D eigenvalue weighted by Crippen LogP contribution is -2.37.